The van der Waals surface area contributed by atoms with Crippen LogP contribution in [0.4, 0.5) is 10.9 Å². The summed E-state index contributed by atoms with van der Waals surface area (Å²) in [7, 11) is 0. The maximum Gasteiger partial charge on any atom is 0.275 e. The third-order valence-corrected chi connectivity index (χ3v) is 1.87. The fraction of sp³-hybridized carbons (Fsp3) is 0. The predicted molar refractivity (Wildman–Crippen MR) is 48.7 cm³/mol. The molecule has 0 bridgehead atoms. The number of rotatable bonds is 2. The molecule has 8 nitrogen and oxygen atoms in total. The van der Waals surface area contributed by atoms with Crippen LogP contribution in [0.5, 0.6) is 0 Å². The molecule has 0 aliphatic heterocycles. The van der Waals surface area contributed by atoms with Crippen LogP contribution in [0.15, 0.2) is 6.07 Å². The van der Waals surface area contributed by atoms with E-state index in [0.29, 0.717) is 5.13 Å². The molecule has 2 aromatic rings. The van der Waals surface area contributed by atoms with Crippen molar-refractivity contribution in [2.45, 2.75) is 0 Å². The smallest absolute Gasteiger partial charge is 0.275 e. The van der Waals surface area contributed by atoms with Crippen LogP contribution >= 0.6 is 11.5 Å². The van der Waals surface area contributed by atoms with Crippen LogP contribution in [-0.2, 0) is 0 Å². The molecule has 72 valence electrons. The minimum Gasteiger partial charge on any atom is -0.382 e. The molecule has 0 saturated carbocycles. The Labute approximate surface area is 81.7 Å². The Bertz CT molecular complexity index is 435. The van der Waals surface area contributed by atoms with E-state index in [-0.39, 0.29) is 17.4 Å². The van der Waals surface area contributed by atoms with Gasteiger partial charge in [-0.25, -0.2) is 0 Å². The van der Waals surface area contributed by atoms with Gasteiger partial charge in [0, 0.05) is 17.6 Å². The molecule has 0 radical (unpaired) electrons. The van der Waals surface area contributed by atoms with Crippen molar-refractivity contribution in [3.8, 4) is 0 Å². The van der Waals surface area contributed by atoms with Crippen molar-refractivity contribution in [1.29, 1.82) is 0 Å². The summed E-state index contributed by atoms with van der Waals surface area (Å²) in [4.78, 5) is 11.4. The molecule has 14 heavy (non-hydrogen) atoms. The van der Waals surface area contributed by atoms with Gasteiger partial charge in [-0.1, -0.05) is 9.59 Å². The first-order valence-corrected chi connectivity index (χ1v) is 4.30. The van der Waals surface area contributed by atoms with Gasteiger partial charge >= 0.3 is 0 Å². The average molecular weight is 211 g/mol. The van der Waals surface area contributed by atoms with Crippen molar-refractivity contribution < 1.29 is 4.79 Å². The zero-order chi connectivity index (χ0) is 9.97. The fourth-order valence-electron chi connectivity index (χ4n) is 0.800. The first-order valence-electron chi connectivity index (χ1n) is 3.53. The summed E-state index contributed by atoms with van der Waals surface area (Å²) >= 11 is 0.983. The van der Waals surface area contributed by atoms with E-state index in [2.05, 4.69) is 30.3 Å². The van der Waals surface area contributed by atoms with Gasteiger partial charge in [-0.3, -0.25) is 15.2 Å². The van der Waals surface area contributed by atoms with E-state index in [4.69, 9.17) is 5.73 Å². The van der Waals surface area contributed by atoms with Crippen molar-refractivity contribution in [3.63, 3.8) is 0 Å². The number of nitrogens with one attached hydrogen (secondary N) is 2. The van der Waals surface area contributed by atoms with Crippen molar-refractivity contribution in [3.05, 3.63) is 11.8 Å². The van der Waals surface area contributed by atoms with Crippen molar-refractivity contribution >= 4 is 28.4 Å². The minimum atomic E-state index is -0.382. The van der Waals surface area contributed by atoms with Gasteiger partial charge in [0.05, 0.1) is 0 Å². The topological polar surface area (TPSA) is 122 Å². The number of nitrogen functional groups attached to an aromatic ring is 1. The summed E-state index contributed by atoms with van der Waals surface area (Å²) in [5, 5.41) is 15.7. The number of anilines is 2. The Morgan fingerprint density at radius 1 is 1.64 bits per heavy atom. The summed E-state index contributed by atoms with van der Waals surface area (Å²) in [6, 6.07) is 1.42. The summed E-state index contributed by atoms with van der Waals surface area (Å²) < 4.78 is 3.49. The maximum atomic E-state index is 11.4. The summed E-state index contributed by atoms with van der Waals surface area (Å²) in [5.74, 6) is -0.127. The second-order valence-corrected chi connectivity index (χ2v) is 3.06. The van der Waals surface area contributed by atoms with Gasteiger partial charge in [0.25, 0.3) is 5.91 Å². The lowest BCUT2D eigenvalue weighted by molar-refractivity contribution is 0.102. The lowest BCUT2D eigenvalue weighted by atomic mass is 10.4. The van der Waals surface area contributed by atoms with Gasteiger partial charge in [0.2, 0.25) is 5.13 Å². The number of aromatic nitrogens is 5. The Kier molecular flexibility index (Phi) is 2.07. The third kappa shape index (κ3) is 1.66. The van der Waals surface area contributed by atoms with Crippen LogP contribution < -0.4 is 11.1 Å². The van der Waals surface area contributed by atoms with Crippen LogP contribution in [-0.4, -0.2) is 30.9 Å². The molecule has 0 aliphatic carbocycles. The second-order valence-electron chi connectivity index (χ2n) is 2.33. The molecule has 0 atom stereocenters. The Hall–Kier alpha value is -2.03. The molecule has 1 amide bonds. The number of aromatic amines is 1. The normalized spacial score (nSPS) is 10.0. The number of H-pyrrole nitrogens is 1. The van der Waals surface area contributed by atoms with E-state index in [1.54, 1.807) is 0 Å². The predicted octanol–water partition coefficient (Wildman–Crippen LogP) is -0.509. The summed E-state index contributed by atoms with van der Waals surface area (Å²) in [6.45, 7) is 0. The summed E-state index contributed by atoms with van der Waals surface area (Å²) in [5.41, 5.74) is 5.59. The lowest BCUT2D eigenvalue weighted by Gasteiger charge is -1.94. The van der Waals surface area contributed by atoms with E-state index in [9.17, 15) is 4.79 Å². The molecular formula is C5H5N7OS. The number of carbonyl (C=O) groups is 1. The minimum absolute atomic E-state index is 0.255. The highest BCUT2D eigenvalue weighted by Gasteiger charge is 2.10. The quantitative estimate of drug-likeness (QED) is 0.614. The van der Waals surface area contributed by atoms with Crippen LogP contribution in [0, 0.1) is 0 Å². The van der Waals surface area contributed by atoms with Gasteiger partial charge in [0.1, 0.15) is 11.5 Å². The van der Waals surface area contributed by atoms with Crippen molar-refractivity contribution in [1.82, 2.24) is 25.0 Å². The van der Waals surface area contributed by atoms with Crippen LogP contribution in [0.1, 0.15) is 10.5 Å². The first kappa shape index (κ1) is 8.56. The van der Waals surface area contributed by atoms with Gasteiger partial charge in [0.15, 0.2) is 0 Å². The Morgan fingerprint density at radius 3 is 3.07 bits per heavy atom. The molecule has 2 heterocycles. The third-order valence-electron chi connectivity index (χ3n) is 1.36. The molecule has 9 heteroatoms. The molecule has 2 rings (SSSR count). The molecule has 0 aliphatic rings. The molecular weight excluding hydrogens is 206 g/mol. The zero-order valence-electron chi connectivity index (χ0n) is 6.76. The molecule has 0 unspecified atom stereocenters. The van der Waals surface area contributed by atoms with Gasteiger partial charge in [-0.05, 0) is 5.21 Å². The van der Waals surface area contributed by atoms with Gasteiger partial charge in [-0.2, -0.15) is 5.10 Å². The van der Waals surface area contributed by atoms with Crippen LogP contribution in [0.2, 0.25) is 0 Å². The van der Waals surface area contributed by atoms with E-state index < -0.39 is 0 Å². The average Bonchev–Trinajstić information content (AvgIpc) is 2.75. The van der Waals surface area contributed by atoms with E-state index in [1.807, 2.05) is 0 Å². The van der Waals surface area contributed by atoms with E-state index >= 15 is 0 Å². The molecule has 0 spiro atoms. The maximum absolute atomic E-state index is 11.4. The van der Waals surface area contributed by atoms with Crippen molar-refractivity contribution in [2.75, 3.05) is 11.1 Å². The van der Waals surface area contributed by atoms with Crippen molar-refractivity contribution in [2.24, 2.45) is 0 Å². The largest absolute Gasteiger partial charge is 0.382 e. The fourth-order valence-corrected chi connectivity index (χ4v) is 1.16. The Balaban J connectivity index is 2.10. The standard InChI is InChI=1S/C5H5N7OS/c6-3-1-2(8-9-3)4(13)7-5-10-11-12-14-5/h1H,(H3,6,8,9)(H,7,10,12,13). The number of nitrogens with two attached hydrogens (primary N) is 1. The van der Waals surface area contributed by atoms with E-state index in [0.717, 1.165) is 11.5 Å². The number of hydrogen-bond acceptors (Lipinski definition) is 7. The summed E-state index contributed by atoms with van der Waals surface area (Å²) in [6.07, 6.45) is 0. The molecule has 4 N–H and O–H groups in total. The SMILES string of the molecule is Nc1cc(C(=O)Nc2nnns2)[nH]n1. The number of carbonyl (C=O) groups excluding carboxylic acids is 1. The number of amides is 1. The van der Waals surface area contributed by atoms with Gasteiger partial charge in [-0.15, -0.1) is 0 Å². The van der Waals surface area contributed by atoms with Crippen LogP contribution in [0.3, 0.4) is 0 Å². The zero-order valence-corrected chi connectivity index (χ0v) is 7.58. The highest BCUT2D eigenvalue weighted by molar-refractivity contribution is 7.09. The Morgan fingerprint density at radius 2 is 2.50 bits per heavy atom. The van der Waals surface area contributed by atoms with E-state index in [1.165, 1.54) is 6.07 Å². The molecule has 0 fully saturated rings. The van der Waals surface area contributed by atoms with Gasteiger partial charge < -0.3 is 5.73 Å². The number of hydrogen-bond donors (Lipinski definition) is 3. The molecule has 2 aromatic heterocycles. The highest BCUT2D eigenvalue weighted by atomic mass is 32.1. The number of nitrogens with zero attached hydrogens (tertiary/aromatic N) is 4. The van der Waals surface area contributed by atoms with Crippen LogP contribution in [0.25, 0.3) is 0 Å². The lowest BCUT2D eigenvalue weighted by Crippen LogP contribution is -2.12. The first-order chi connectivity index (χ1) is 6.75. The molecule has 0 aromatic carbocycles. The molecule has 0 saturated heterocycles. The monoisotopic (exact) mass is 211 g/mol. The second kappa shape index (κ2) is 3.38. The highest BCUT2D eigenvalue weighted by Crippen LogP contribution is 2.08.